The number of anilines is 1. The molecule has 1 aromatic heterocycles. The van der Waals surface area contributed by atoms with Crippen LogP contribution in [0.1, 0.15) is 63.9 Å². The molecular weight excluding hydrogens is 282 g/mol. The minimum Gasteiger partial charge on any atom is -0.383 e. The number of nitrogens with two attached hydrogens (primary N) is 1. The lowest BCUT2D eigenvalue weighted by Crippen LogP contribution is -2.14. The van der Waals surface area contributed by atoms with Crippen molar-refractivity contribution in [1.29, 1.82) is 0 Å². The molecule has 0 amide bonds. The van der Waals surface area contributed by atoms with E-state index < -0.39 is 0 Å². The zero-order chi connectivity index (χ0) is 16.3. The molecule has 3 heteroatoms. The second-order valence-electron chi connectivity index (χ2n) is 6.40. The van der Waals surface area contributed by atoms with Crippen molar-refractivity contribution in [2.24, 2.45) is 0 Å². The van der Waals surface area contributed by atoms with Crippen molar-refractivity contribution in [3.8, 4) is 0 Å². The predicted molar refractivity (Wildman–Crippen MR) is 100 cm³/mol. The van der Waals surface area contributed by atoms with Crippen molar-refractivity contribution in [2.45, 2.75) is 64.8 Å². The molecule has 0 unspecified atom stereocenters. The largest absolute Gasteiger partial charge is 0.383 e. The summed E-state index contributed by atoms with van der Waals surface area (Å²) in [6, 6.07) is 8.45. The third-order valence-corrected chi connectivity index (χ3v) is 4.40. The van der Waals surface area contributed by atoms with E-state index in [9.17, 15) is 0 Å². The highest BCUT2D eigenvalue weighted by Crippen LogP contribution is 2.20. The number of nitrogens with zero attached hydrogens (tertiary/aromatic N) is 1. The van der Waals surface area contributed by atoms with Crippen molar-refractivity contribution < 1.29 is 0 Å². The van der Waals surface area contributed by atoms with Crippen molar-refractivity contribution >= 4 is 16.6 Å². The lowest BCUT2D eigenvalue weighted by molar-refractivity contribution is 0.555. The summed E-state index contributed by atoms with van der Waals surface area (Å²) in [4.78, 5) is 4.16. The molecule has 0 aliphatic heterocycles. The number of hydrogen-bond acceptors (Lipinski definition) is 3. The van der Waals surface area contributed by atoms with Crippen LogP contribution in [-0.2, 0) is 6.54 Å². The highest BCUT2D eigenvalue weighted by molar-refractivity contribution is 5.91. The van der Waals surface area contributed by atoms with E-state index >= 15 is 0 Å². The predicted octanol–water partition coefficient (Wildman–Crippen LogP) is 5.05. The number of fused-ring (bicyclic) bond motifs is 1. The smallest absolute Gasteiger partial charge is 0.131 e. The van der Waals surface area contributed by atoms with Gasteiger partial charge in [0.15, 0.2) is 0 Å². The molecule has 2 rings (SSSR count). The molecule has 0 saturated heterocycles. The molecule has 0 aliphatic carbocycles. The Morgan fingerprint density at radius 3 is 2.48 bits per heavy atom. The van der Waals surface area contributed by atoms with Gasteiger partial charge in [0.1, 0.15) is 5.82 Å². The van der Waals surface area contributed by atoms with Gasteiger partial charge in [-0.05, 0) is 36.0 Å². The molecule has 0 saturated carbocycles. The van der Waals surface area contributed by atoms with Crippen LogP contribution in [0.3, 0.4) is 0 Å². The van der Waals surface area contributed by atoms with E-state index in [2.05, 4.69) is 35.4 Å². The summed E-state index contributed by atoms with van der Waals surface area (Å²) in [7, 11) is 0. The SMILES string of the molecule is CCCCCCCCCCNCc1ccc2ccnc(N)c2c1. The van der Waals surface area contributed by atoms with Gasteiger partial charge in [0.05, 0.1) is 0 Å². The first-order valence-electron chi connectivity index (χ1n) is 9.15. The van der Waals surface area contributed by atoms with Crippen LogP contribution in [0.25, 0.3) is 10.8 Å². The maximum absolute atomic E-state index is 5.95. The molecule has 0 spiro atoms. The normalized spacial score (nSPS) is 11.2. The van der Waals surface area contributed by atoms with Crippen LogP contribution < -0.4 is 11.1 Å². The van der Waals surface area contributed by atoms with E-state index in [1.807, 2.05) is 6.07 Å². The Bertz CT molecular complexity index is 580. The Hall–Kier alpha value is -1.61. The van der Waals surface area contributed by atoms with Crippen LogP contribution in [0, 0.1) is 0 Å². The third-order valence-electron chi connectivity index (χ3n) is 4.40. The van der Waals surface area contributed by atoms with Crippen LogP contribution in [-0.4, -0.2) is 11.5 Å². The Morgan fingerprint density at radius 1 is 0.957 bits per heavy atom. The molecule has 23 heavy (non-hydrogen) atoms. The molecule has 1 aromatic carbocycles. The Morgan fingerprint density at radius 2 is 1.70 bits per heavy atom. The fourth-order valence-corrected chi connectivity index (χ4v) is 2.96. The van der Waals surface area contributed by atoms with Gasteiger partial charge in [0.25, 0.3) is 0 Å². The highest BCUT2D eigenvalue weighted by Gasteiger charge is 2.00. The first-order chi connectivity index (χ1) is 11.3. The number of hydrogen-bond donors (Lipinski definition) is 2. The number of rotatable bonds is 11. The van der Waals surface area contributed by atoms with Gasteiger partial charge in [-0.3, -0.25) is 0 Å². The number of nitrogens with one attached hydrogen (secondary N) is 1. The minimum absolute atomic E-state index is 0.618. The fraction of sp³-hybridized carbons (Fsp3) is 0.550. The van der Waals surface area contributed by atoms with E-state index in [4.69, 9.17) is 5.73 Å². The number of unbranched alkanes of at least 4 members (excludes halogenated alkanes) is 7. The van der Waals surface area contributed by atoms with E-state index in [0.717, 1.165) is 23.9 Å². The number of benzene rings is 1. The zero-order valence-electron chi connectivity index (χ0n) is 14.5. The van der Waals surface area contributed by atoms with Gasteiger partial charge in [0, 0.05) is 18.1 Å². The van der Waals surface area contributed by atoms with Gasteiger partial charge < -0.3 is 11.1 Å². The lowest BCUT2D eigenvalue weighted by Gasteiger charge is -2.07. The van der Waals surface area contributed by atoms with Crippen molar-refractivity contribution in [3.63, 3.8) is 0 Å². The second kappa shape index (κ2) is 10.2. The van der Waals surface area contributed by atoms with Gasteiger partial charge >= 0.3 is 0 Å². The topological polar surface area (TPSA) is 50.9 Å². The summed E-state index contributed by atoms with van der Waals surface area (Å²) >= 11 is 0. The molecule has 3 nitrogen and oxygen atoms in total. The molecule has 2 aromatic rings. The molecule has 0 bridgehead atoms. The third kappa shape index (κ3) is 6.19. The Balaban J connectivity index is 1.60. The zero-order valence-corrected chi connectivity index (χ0v) is 14.5. The number of aromatic nitrogens is 1. The molecular formula is C20H31N3. The van der Waals surface area contributed by atoms with Crippen LogP contribution >= 0.6 is 0 Å². The standard InChI is InChI=1S/C20H31N3/c1-2-3-4-5-6-7-8-9-13-22-16-17-10-11-18-12-14-23-20(21)19(18)15-17/h10-12,14-15,22H,2-9,13,16H2,1H3,(H2,21,23). The van der Waals surface area contributed by atoms with Gasteiger partial charge in [-0.2, -0.15) is 0 Å². The Labute approximate surface area is 140 Å². The summed E-state index contributed by atoms with van der Waals surface area (Å²) in [6.45, 7) is 4.27. The van der Waals surface area contributed by atoms with Crippen LogP contribution in [0.5, 0.6) is 0 Å². The summed E-state index contributed by atoms with van der Waals surface area (Å²) in [5.74, 6) is 0.618. The maximum atomic E-state index is 5.95. The minimum atomic E-state index is 0.618. The Kier molecular flexibility index (Phi) is 7.88. The van der Waals surface area contributed by atoms with Crippen molar-refractivity contribution in [2.75, 3.05) is 12.3 Å². The van der Waals surface area contributed by atoms with Crippen molar-refractivity contribution in [3.05, 3.63) is 36.0 Å². The summed E-state index contributed by atoms with van der Waals surface area (Å²) in [6.07, 6.45) is 12.7. The van der Waals surface area contributed by atoms with E-state index in [1.54, 1.807) is 6.20 Å². The second-order valence-corrected chi connectivity index (χ2v) is 6.40. The molecule has 0 aliphatic rings. The van der Waals surface area contributed by atoms with Gasteiger partial charge in [-0.15, -0.1) is 0 Å². The summed E-state index contributed by atoms with van der Waals surface area (Å²) in [5, 5.41) is 5.75. The summed E-state index contributed by atoms with van der Waals surface area (Å²) in [5.41, 5.74) is 7.22. The van der Waals surface area contributed by atoms with Crippen LogP contribution in [0.2, 0.25) is 0 Å². The average molecular weight is 313 g/mol. The highest BCUT2D eigenvalue weighted by atomic mass is 14.8. The van der Waals surface area contributed by atoms with Gasteiger partial charge in [0.2, 0.25) is 0 Å². The van der Waals surface area contributed by atoms with Gasteiger partial charge in [-0.1, -0.05) is 64.0 Å². The van der Waals surface area contributed by atoms with Crippen molar-refractivity contribution in [1.82, 2.24) is 10.3 Å². The first kappa shape index (κ1) is 17.7. The number of nitrogen functional groups attached to an aromatic ring is 1. The first-order valence-corrected chi connectivity index (χ1v) is 9.15. The maximum Gasteiger partial charge on any atom is 0.131 e. The van der Waals surface area contributed by atoms with Gasteiger partial charge in [-0.25, -0.2) is 4.98 Å². The van der Waals surface area contributed by atoms with E-state index in [0.29, 0.717) is 5.82 Å². The molecule has 1 heterocycles. The monoisotopic (exact) mass is 313 g/mol. The summed E-state index contributed by atoms with van der Waals surface area (Å²) < 4.78 is 0. The number of pyridine rings is 1. The lowest BCUT2D eigenvalue weighted by atomic mass is 10.1. The van der Waals surface area contributed by atoms with E-state index in [1.165, 1.54) is 56.9 Å². The molecule has 0 fully saturated rings. The fourth-order valence-electron chi connectivity index (χ4n) is 2.96. The van der Waals surface area contributed by atoms with Crippen LogP contribution in [0.4, 0.5) is 5.82 Å². The quantitative estimate of drug-likeness (QED) is 0.571. The molecule has 126 valence electrons. The average Bonchev–Trinajstić information content (AvgIpc) is 2.57. The molecule has 3 N–H and O–H groups in total. The van der Waals surface area contributed by atoms with Crippen LogP contribution in [0.15, 0.2) is 30.5 Å². The molecule has 0 radical (unpaired) electrons. The molecule has 0 atom stereocenters. The van der Waals surface area contributed by atoms with E-state index in [-0.39, 0.29) is 0 Å².